The molecule has 0 N–H and O–H groups in total. The second kappa shape index (κ2) is 5.79. The molecule has 2 unspecified atom stereocenters. The molecule has 0 aliphatic rings. The highest BCUT2D eigenvalue weighted by Crippen LogP contribution is 2.52. The maximum atomic E-state index is 11.9. The molecule has 0 saturated carbocycles. The predicted molar refractivity (Wildman–Crippen MR) is 61.2 cm³/mol. The summed E-state index contributed by atoms with van der Waals surface area (Å²) in [5.41, 5.74) is -0.932. The Morgan fingerprint density at radius 3 is 2.53 bits per heavy atom. The molecule has 3 nitrogen and oxygen atoms in total. The molecular formula is C11H15O3P. The Morgan fingerprint density at radius 2 is 2.20 bits per heavy atom. The van der Waals surface area contributed by atoms with Gasteiger partial charge in [-0.25, -0.2) is 0 Å². The molecule has 0 heterocycles. The van der Waals surface area contributed by atoms with Crippen LogP contribution in [0.25, 0.3) is 0 Å². The zero-order valence-corrected chi connectivity index (χ0v) is 9.92. The van der Waals surface area contributed by atoms with Crippen LogP contribution < -0.4 is 0 Å². The zero-order chi connectivity index (χ0) is 11.9. The summed E-state index contributed by atoms with van der Waals surface area (Å²) >= 11 is 0. The molecule has 4 heteroatoms. The molecule has 0 spiro atoms. The minimum atomic E-state index is -3.39. The molecule has 0 bridgehead atoms. The average molecular weight is 226 g/mol. The minimum Gasteiger partial charge on any atom is -0.293 e. The third-order valence-corrected chi connectivity index (χ3v) is 3.45. The Kier molecular flexibility index (Phi) is 5.40. The first-order valence-corrected chi connectivity index (χ1v) is 6.06. The van der Waals surface area contributed by atoms with E-state index >= 15 is 0 Å². The fourth-order valence-corrected chi connectivity index (χ4v) is 1.95. The number of hydrogen-bond donors (Lipinski definition) is 0. The molecule has 0 aromatic carbocycles. The lowest BCUT2D eigenvalue weighted by Crippen LogP contribution is -2.24. The van der Waals surface area contributed by atoms with Crippen LogP contribution in [0.5, 0.6) is 0 Å². The first-order valence-electron chi connectivity index (χ1n) is 4.45. The third kappa shape index (κ3) is 4.36. The van der Waals surface area contributed by atoms with Crippen molar-refractivity contribution >= 4 is 7.60 Å². The highest BCUT2D eigenvalue weighted by Gasteiger charge is 2.31. The van der Waals surface area contributed by atoms with E-state index in [4.69, 9.17) is 21.9 Å². The van der Waals surface area contributed by atoms with Crippen molar-refractivity contribution in [1.29, 1.82) is 0 Å². The van der Waals surface area contributed by atoms with Crippen molar-refractivity contribution in [2.75, 3.05) is 6.61 Å². The minimum absolute atomic E-state index is 0.104. The SMILES string of the molecule is C#CCOP(=O)(C=C)OC(C)(C#C)CC. The molecule has 0 aliphatic carbocycles. The van der Waals surface area contributed by atoms with Crippen LogP contribution >= 0.6 is 7.60 Å². The molecule has 82 valence electrons. The van der Waals surface area contributed by atoms with Gasteiger partial charge in [-0.15, -0.1) is 12.8 Å². The van der Waals surface area contributed by atoms with E-state index in [-0.39, 0.29) is 6.61 Å². The van der Waals surface area contributed by atoms with Gasteiger partial charge < -0.3 is 0 Å². The van der Waals surface area contributed by atoms with Crippen LogP contribution in [0.4, 0.5) is 0 Å². The molecular weight excluding hydrogens is 211 g/mol. The van der Waals surface area contributed by atoms with Crippen LogP contribution in [0.15, 0.2) is 12.4 Å². The topological polar surface area (TPSA) is 35.5 Å². The molecule has 0 aromatic rings. The van der Waals surface area contributed by atoms with E-state index in [9.17, 15) is 4.57 Å². The standard InChI is InChI=1S/C11H15O3P/c1-6-10-13-15(12,9-4)14-11(5,7-2)8-3/h1-2,9H,4,8,10H2,3,5H3. The van der Waals surface area contributed by atoms with Crippen molar-refractivity contribution in [2.24, 2.45) is 0 Å². The van der Waals surface area contributed by atoms with E-state index in [1.807, 2.05) is 6.92 Å². The summed E-state index contributed by atoms with van der Waals surface area (Å²) in [5, 5.41) is 0. The fourth-order valence-electron chi connectivity index (χ4n) is 0.717. The number of terminal acetylenes is 2. The Morgan fingerprint density at radius 1 is 1.60 bits per heavy atom. The van der Waals surface area contributed by atoms with Gasteiger partial charge in [-0.05, 0) is 13.3 Å². The van der Waals surface area contributed by atoms with E-state index in [1.165, 1.54) is 0 Å². The monoisotopic (exact) mass is 226 g/mol. The molecule has 15 heavy (non-hydrogen) atoms. The van der Waals surface area contributed by atoms with Crippen LogP contribution in [0.3, 0.4) is 0 Å². The first-order chi connectivity index (χ1) is 6.95. The second-order valence-electron chi connectivity index (χ2n) is 3.02. The molecule has 0 radical (unpaired) electrons. The average Bonchev–Trinajstić information content (AvgIpc) is 2.26. The van der Waals surface area contributed by atoms with Crippen LogP contribution in [0, 0.1) is 24.7 Å². The lowest BCUT2D eigenvalue weighted by atomic mass is 10.1. The normalized spacial score (nSPS) is 17.9. The summed E-state index contributed by atoms with van der Waals surface area (Å²) in [7, 11) is -3.39. The van der Waals surface area contributed by atoms with Crippen molar-refractivity contribution in [1.82, 2.24) is 0 Å². The lowest BCUT2D eigenvalue weighted by molar-refractivity contribution is 0.117. The molecule has 0 rings (SSSR count). The van der Waals surface area contributed by atoms with Crippen molar-refractivity contribution in [3.05, 3.63) is 12.4 Å². The molecule has 0 aliphatic heterocycles. The summed E-state index contributed by atoms with van der Waals surface area (Å²) in [4.78, 5) is 0. The Hall–Kier alpha value is -0.990. The summed E-state index contributed by atoms with van der Waals surface area (Å²) in [6, 6.07) is 0. The highest BCUT2D eigenvalue weighted by atomic mass is 31.2. The van der Waals surface area contributed by atoms with Gasteiger partial charge in [0, 0.05) is 5.82 Å². The van der Waals surface area contributed by atoms with Gasteiger partial charge in [0.25, 0.3) is 0 Å². The van der Waals surface area contributed by atoms with Crippen LogP contribution in [-0.4, -0.2) is 12.2 Å². The maximum Gasteiger partial charge on any atom is 0.355 e. The van der Waals surface area contributed by atoms with Gasteiger partial charge >= 0.3 is 7.60 Å². The van der Waals surface area contributed by atoms with Crippen molar-refractivity contribution in [3.63, 3.8) is 0 Å². The molecule has 0 saturated heterocycles. The molecule has 0 amide bonds. The Balaban J connectivity index is 4.73. The lowest BCUT2D eigenvalue weighted by Gasteiger charge is -2.26. The summed E-state index contributed by atoms with van der Waals surface area (Å²) in [6.45, 7) is 6.77. The summed E-state index contributed by atoms with van der Waals surface area (Å²) < 4.78 is 22.1. The van der Waals surface area contributed by atoms with Gasteiger partial charge in [0.1, 0.15) is 12.2 Å². The fraction of sp³-hybridized carbons (Fsp3) is 0.455. The van der Waals surface area contributed by atoms with Crippen molar-refractivity contribution < 1.29 is 13.6 Å². The largest absolute Gasteiger partial charge is 0.355 e. The Bertz CT molecular complexity index is 348. The van der Waals surface area contributed by atoms with E-state index in [0.717, 1.165) is 5.82 Å². The predicted octanol–water partition coefficient (Wildman–Crippen LogP) is 2.79. The smallest absolute Gasteiger partial charge is 0.293 e. The summed E-state index contributed by atoms with van der Waals surface area (Å²) in [6.07, 6.45) is 10.8. The van der Waals surface area contributed by atoms with Crippen LogP contribution in [0.1, 0.15) is 20.3 Å². The molecule has 0 aromatic heterocycles. The number of rotatable bonds is 6. The third-order valence-electron chi connectivity index (χ3n) is 1.86. The second-order valence-corrected chi connectivity index (χ2v) is 4.91. The van der Waals surface area contributed by atoms with Crippen molar-refractivity contribution in [2.45, 2.75) is 25.9 Å². The molecule has 0 fully saturated rings. The highest BCUT2D eigenvalue weighted by molar-refractivity contribution is 7.57. The van der Waals surface area contributed by atoms with E-state index < -0.39 is 13.2 Å². The van der Waals surface area contributed by atoms with E-state index in [2.05, 4.69) is 18.4 Å². The summed E-state index contributed by atoms with van der Waals surface area (Å²) in [5.74, 6) is 5.73. The van der Waals surface area contributed by atoms with Crippen LogP contribution in [0.2, 0.25) is 0 Å². The first kappa shape index (κ1) is 14.0. The molecule has 2 atom stereocenters. The van der Waals surface area contributed by atoms with Gasteiger partial charge in [-0.2, -0.15) is 0 Å². The van der Waals surface area contributed by atoms with Crippen molar-refractivity contribution in [3.8, 4) is 24.7 Å². The van der Waals surface area contributed by atoms with Crippen LogP contribution in [-0.2, 0) is 13.6 Å². The van der Waals surface area contributed by atoms with E-state index in [1.54, 1.807) is 6.92 Å². The number of hydrogen-bond acceptors (Lipinski definition) is 3. The van der Waals surface area contributed by atoms with Gasteiger partial charge in [0.2, 0.25) is 0 Å². The van der Waals surface area contributed by atoms with Gasteiger partial charge in [-0.1, -0.05) is 25.3 Å². The van der Waals surface area contributed by atoms with Gasteiger partial charge in [0.15, 0.2) is 0 Å². The van der Waals surface area contributed by atoms with E-state index in [0.29, 0.717) is 6.42 Å². The zero-order valence-electron chi connectivity index (χ0n) is 9.03. The maximum absolute atomic E-state index is 11.9. The van der Waals surface area contributed by atoms with Gasteiger partial charge in [-0.3, -0.25) is 13.6 Å². The van der Waals surface area contributed by atoms with Gasteiger partial charge in [0.05, 0.1) is 0 Å². The quantitative estimate of drug-likeness (QED) is 0.516. The Labute approximate surface area is 91.4 Å².